The van der Waals surface area contributed by atoms with Gasteiger partial charge in [0.2, 0.25) is 5.91 Å². The number of benzene rings is 2. The molecular weight excluding hydrogens is 589 g/mol. The van der Waals surface area contributed by atoms with Gasteiger partial charge in [0.1, 0.15) is 0 Å². The largest absolute Gasteiger partial charge is 0.416 e. The molecule has 0 bridgehead atoms. The summed E-state index contributed by atoms with van der Waals surface area (Å²) in [6.45, 7) is 4.73. The maximum atomic E-state index is 13.7. The number of carbonyl (C=O) groups is 1. The quantitative estimate of drug-likeness (QED) is 0.172. The van der Waals surface area contributed by atoms with E-state index in [9.17, 15) is 18.0 Å². The van der Waals surface area contributed by atoms with Gasteiger partial charge in [-0.15, -0.1) is 0 Å². The van der Waals surface area contributed by atoms with E-state index in [2.05, 4.69) is 26.3 Å². The molecule has 0 spiro atoms. The summed E-state index contributed by atoms with van der Waals surface area (Å²) in [6.07, 6.45) is 5.82. The smallest absolute Gasteiger partial charge is 0.355 e. The Morgan fingerprint density at radius 3 is 2.46 bits per heavy atom. The average molecular weight is 625 g/mol. The van der Waals surface area contributed by atoms with Crippen LogP contribution in [0.5, 0.6) is 0 Å². The number of imidazole rings is 1. The van der Waals surface area contributed by atoms with Crippen molar-refractivity contribution in [1.29, 1.82) is 0 Å². The second-order valence-electron chi connectivity index (χ2n) is 11.6. The Morgan fingerprint density at radius 1 is 0.978 bits per heavy atom. The van der Waals surface area contributed by atoms with Gasteiger partial charge in [0, 0.05) is 67.8 Å². The molecule has 0 atom stereocenters. The fraction of sp³-hybridized carbons (Fsp3) is 0.250. The molecule has 5 aromatic rings. The molecule has 1 amide bonds. The maximum absolute atomic E-state index is 13.7. The predicted molar refractivity (Wildman–Crippen MR) is 173 cm³/mol. The summed E-state index contributed by atoms with van der Waals surface area (Å²) >= 11 is 0. The van der Waals surface area contributed by atoms with Crippen molar-refractivity contribution >= 4 is 28.9 Å². The second-order valence-corrected chi connectivity index (χ2v) is 11.6. The van der Waals surface area contributed by atoms with Crippen molar-refractivity contribution in [2.45, 2.75) is 45.1 Å². The maximum Gasteiger partial charge on any atom is 0.416 e. The Labute approximate surface area is 266 Å². The van der Waals surface area contributed by atoms with Crippen LogP contribution >= 0.6 is 0 Å². The molecule has 10 heteroatoms. The number of piperidine rings is 1. The molecule has 1 fully saturated rings. The van der Waals surface area contributed by atoms with Gasteiger partial charge in [-0.3, -0.25) is 14.7 Å². The van der Waals surface area contributed by atoms with Crippen LogP contribution in [-0.2, 0) is 24.1 Å². The first-order valence-electron chi connectivity index (χ1n) is 15.3. The van der Waals surface area contributed by atoms with E-state index >= 15 is 0 Å². The van der Waals surface area contributed by atoms with Gasteiger partial charge in [0.25, 0.3) is 0 Å². The molecule has 236 valence electrons. The third-order valence-electron chi connectivity index (χ3n) is 8.33. The minimum absolute atomic E-state index is 0.0114. The molecule has 0 radical (unpaired) electrons. The number of alkyl halides is 3. The summed E-state index contributed by atoms with van der Waals surface area (Å²) < 4.78 is 41.1. The number of nitrogens with zero attached hydrogens (tertiary/aromatic N) is 5. The van der Waals surface area contributed by atoms with E-state index in [1.807, 2.05) is 77.3 Å². The van der Waals surface area contributed by atoms with Gasteiger partial charge in [-0.25, -0.2) is 4.98 Å². The van der Waals surface area contributed by atoms with E-state index in [-0.39, 0.29) is 11.9 Å². The second kappa shape index (κ2) is 13.6. The SMILES string of the molecule is Cc1cc(Nc2ccc(CN(C(=O)C=Cc3ccc(C(F)(F)F)cc3)C3CCN(Cc4ncn5ccccc45)CC3)cc2)ccn1. The predicted octanol–water partition coefficient (Wildman–Crippen LogP) is 7.51. The number of halogens is 3. The highest BCUT2D eigenvalue weighted by Crippen LogP contribution is 2.29. The van der Waals surface area contributed by atoms with Crippen molar-refractivity contribution in [3.05, 3.63) is 132 Å². The van der Waals surface area contributed by atoms with Crippen LogP contribution in [0, 0.1) is 6.92 Å². The van der Waals surface area contributed by atoms with Gasteiger partial charge in [0.15, 0.2) is 0 Å². The molecule has 3 aromatic heterocycles. The van der Waals surface area contributed by atoms with Gasteiger partial charge >= 0.3 is 6.18 Å². The van der Waals surface area contributed by atoms with Crippen LogP contribution in [0.4, 0.5) is 24.5 Å². The van der Waals surface area contributed by atoms with E-state index < -0.39 is 11.7 Å². The van der Waals surface area contributed by atoms with Crippen LogP contribution in [0.2, 0.25) is 0 Å². The van der Waals surface area contributed by atoms with Crippen LogP contribution in [0.3, 0.4) is 0 Å². The summed E-state index contributed by atoms with van der Waals surface area (Å²) in [6, 6.07) is 22.8. The Hall–Kier alpha value is -4.96. The number of amides is 1. The number of aromatic nitrogens is 3. The average Bonchev–Trinajstić information content (AvgIpc) is 3.46. The first-order chi connectivity index (χ1) is 22.2. The first-order valence-corrected chi connectivity index (χ1v) is 15.3. The molecule has 1 aliphatic rings. The zero-order valence-corrected chi connectivity index (χ0v) is 25.5. The molecule has 1 saturated heterocycles. The van der Waals surface area contributed by atoms with E-state index in [0.29, 0.717) is 12.1 Å². The summed E-state index contributed by atoms with van der Waals surface area (Å²) in [4.78, 5) is 26.8. The number of aryl methyl sites for hydroxylation is 1. The van der Waals surface area contributed by atoms with E-state index in [1.165, 1.54) is 18.2 Å². The van der Waals surface area contributed by atoms with Crippen molar-refractivity contribution < 1.29 is 18.0 Å². The Kier molecular flexibility index (Phi) is 9.16. The fourth-order valence-electron chi connectivity index (χ4n) is 5.84. The number of hydrogen-bond donors (Lipinski definition) is 1. The highest BCUT2D eigenvalue weighted by molar-refractivity contribution is 5.92. The van der Waals surface area contributed by atoms with Crippen LogP contribution in [-0.4, -0.2) is 49.2 Å². The highest BCUT2D eigenvalue weighted by atomic mass is 19.4. The van der Waals surface area contributed by atoms with Gasteiger partial charge in [0.05, 0.1) is 23.1 Å². The van der Waals surface area contributed by atoms with Crippen molar-refractivity contribution in [3.63, 3.8) is 0 Å². The molecule has 2 aromatic carbocycles. The van der Waals surface area contributed by atoms with E-state index in [0.717, 1.165) is 78.5 Å². The molecule has 0 unspecified atom stereocenters. The lowest BCUT2D eigenvalue weighted by molar-refractivity contribution is -0.137. The van der Waals surface area contributed by atoms with Crippen LogP contribution in [0.1, 0.15) is 40.9 Å². The number of hydrogen-bond acceptors (Lipinski definition) is 5. The van der Waals surface area contributed by atoms with E-state index in [1.54, 1.807) is 12.3 Å². The van der Waals surface area contributed by atoms with Crippen molar-refractivity contribution in [3.8, 4) is 0 Å². The lowest BCUT2D eigenvalue weighted by Crippen LogP contribution is -2.46. The number of pyridine rings is 2. The lowest BCUT2D eigenvalue weighted by atomic mass is 10.0. The zero-order chi connectivity index (χ0) is 32.1. The van der Waals surface area contributed by atoms with Crippen molar-refractivity contribution in [1.82, 2.24) is 24.2 Å². The summed E-state index contributed by atoms with van der Waals surface area (Å²) in [5.74, 6) is -0.173. The standard InChI is InChI=1S/C36H35F3N6O/c1-26-22-31(15-18-40-26)42-30-12-7-28(8-13-30)23-45(35(46)14-9-27-5-10-29(11-6-27)36(37,38)39)32-16-20-43(21-17-32)24-33-34-4-2-3-19-44(34)25-41-33/h2-15,18-19,22,25,32H,16-17,20-21,23-24H2,1H3,(H,40,42). The number of rotatable bonds is 9. The number of fused-ring (bicyclic) bond motifs is 1. The Bertz CT molecular complexity index is 1810. The third kappa shape index (κ3) is 7.63. The minimum atomic E-state index is -4.41. The monoisotopic (exact) mass is 624 g/mol. The fourth-order valence-corrected chi connectivity index (χ4v) is 5.84. The summed E-state index contributed by atoms with van der Waals surface area (Å²) in [5.41, 5.74) is 5.71. The van der Waals surface area contributed by atoms with Gasteiger partial charge in [-0.05, 0) is 85.5 Å². The third-order valence-corrected chi connectivity index (χ3v) is 8.33. The molecule has 4 heterocycles. The van der Waals surface area contributed by atoms with Gasteiger partial charge in [-0.1, -0.05) is 30.3 Å². The zero-order valence-electron chi connectivity index (χ0n) is 25.5. The topological polar surface area (TPSA) is 65.8 Å². The van der Waals surface area contributed by atoms with Crippen LogP contribution in [0.15, 0.2) is 104 Å². The van der Waals surface area contributed by atoms with Gasteiger partial charge < -0.3 is 14.6 Å². The summed E-state index contributed by atoms with van der Waals surface area (Å²) in [7, 11) is 0. The highest BCUT2D eigenvalue weighted by Gasteiger charge is 2.30. The number of anilines is 2. The first kappa shape index (κ1) is 31.0. The molecule has 1 aliphatic heterocycles. The molecule has 1 N–H and O–H groups in total. The molecule has 46 heavy (non-hydrogen) atoms. The molecule has 6 rings (SSSR count). The van der Waals surface area contributed by atoms with Crippen molar-refractivity contribution in [2.24, 2.45) is 0 Å². The Balaban J connectivity index is 1.15. The number of nitrogens with one attached hydrogen (secondary N) is 1. The van der Waals surface area contributed by atoms with Crippen molar-refractivity contribution in [2.75, 3.05) is 18.4 Å². The van der Waals surface area contributed by atoms with Crippen LogP contribution < -0.4 is 5.32 Å². The number of carbonyl (C=O) groups excluding carboxylic acids is 1. The van der Waals surface area contributed by atoms with E-state index in [4.69, 9.17) is 0 Å². The molecular formula is C36H35F3N6O. The molecule has 0 saturated carbocycles. The summed E-state index contributed by atoms with van der Waals surface area (Å²) in [5, 5.41) is 3.38. The lowest BCUT2D eigenvalue weighted by Gasteiger charge is -2.38. The minimum Gasteiger partial charge on any atom is -0.355 e. The number of likely N-dealkylation sites (tertiary alicyclic amines) is 1. The Morgan fingerprint density at radius 2 is 1.74 bits per heavy atom. The van der Waals surface area contributed by atoms with Gasteiger partial charge in [-0.2, -0.15) is 13.2 Å². The van der Waals surface area contributed by atoms with Crippen LogP contribution in [0.25, 0.3) is 11.6 Å². The molecule has 0 aliphatic carbocycles. The normalized spacial score (nSPS) is 14.6. The molecule has 7 nitrogen and oxygen atoms in total.